The summed E-state index contributed by atoms with van der Waals surface area (Å²) < 4.78 is 19.9. The third kappa shape index (κ3) is 5.15. The lowest BCUT2D eigenvalue weighted by atomic mass is 9.94. The lowest BCUT2D eigenvalue weighted by Gasteiger charge is -2.20. The maximum Gasteiger partial charge on any atom is 0.252 e. The van der Waals surface area contributed by atoms with E-state index in [0.717, 1.165) is 42.2 Å². The molecule has 1 aliphatic carbocycles. The Hall–Kier alpha value is -3.85. The molecule has 0 saturated heterocycles. The Balaban J connectivity index is 1.68. The Bertz CT molecular complexity index is 1200. The second kappa shape index (κ2) is 9.74. The van der Waals surface area contributed by atoms with Crippen LogP contribution in [0.15, 0.2) is 53.8 Å². The molecule has 3 aromatic rings. The maximum atomic E-state index is 14.7. The maximum absolute atomic E-state index is 14.7. The summed E-state index contributed by atoms with van der Waals surface area (Å²) in [5.74, 6) is -0.827. The van der Waals surface area contributed by atoms with Crippen molar-refractivity contribution in [2.75, 3.05) is 12.4 Å². The smallest absolute Gasteiger partial charge is 0.252 e. The molecule has 1 saturated carbocycles. The van der Waals surface area contributed by atoms with Gasteiger partial charge in [0.15, 0.2) is 11.6 Å². The van der Waals surface area contributed by atoms with Gasteiger partial charge < -0.3 is 21.5 Å². The highest BCUT2D eigenvalue weighted by Gasteiger charge is 2.20. The van der Waals surface area contributed by atoms with Gasteiger partial charge in [0.05, 0.1) is 24.6 Å². The van der Waals surface area contributed by atoms with Gasteiger partial charge in [0.25, 0.3) is 5.91 Å². The predicted molar refractivity (Wildman–Crippen MR) is 126 cm³/mol. The number of ether oxygens (including phenoxy) is 1. The van der Waals surface area contributed by atoms with Crippen molar-refractivity contribution in [2.45, 2.75) is 31.7 Å². The van der Waals surface area contributed by atoms with E-state index in [9.17, 15) is 9.18 Å². The summed E-state index contributed by atoms with van der Waals surface area (Å²) in [7, 11) is 1.61. The van der Waals surface area contributed by atoms with Crippen LogP contribution in [0, 0.1) is 5.82 Å². The zero-order valence-electron chi connectivity index (χ0n) is 18.2. The number of anilines is 2. The van der Waals surface area contributed by atoms with Crippen LogP contribution in [0.1, 0.15) is 36.0 Å². The van der Waals surface area contributed by atoms with Gasteiger partial charge in [-0.25, -0.2) is 14.4 Å². The summed E-state index contributed by atoms with van der Waals surface area (Å²) in [6.45, 7) is 0. The zero-order valence-corrected chi connectivity index (χ0v) is 18.2. The molecule has 0 aliphatic heterocycles. The topological polar surface area (TPSA) is 129 Å². The number of benzene rings is 1. The lowest BCUT2D eigenvalue weighted by molar-refractivity contribution is 0.100. The van der Waals surface area contributed by atoms with Crippen molar-refractivity contribution in [2.24, 2.45) is 16.5 Å². The van der Waals surface area contributed by atoms with Crippen molar-refractivity contribution in [3.8, 4) is 16.9 Å². The molecular weight excluding hydrogens is 423 g/mol. The van der Waals surface area contributed by atoms with E-state index in [0.29, 0.717) is 17.8 Å². The molecule has 1 amide bonds. The van der Waals surface area contributed by atoms with Gasteiger partial charge >= 0.3 is 0 Å². The predicted octanol–water partition coefficient (Wildman–Crippen LogP) is 4.11. The van der Waals surface area contributed by atoms with Crippen molar-refractivity contribution in [1.82, 2.24) is 9.97 Å². The highest BCUT2D eigenvalue weighted by molar-refractivity contribution is 5.99. The van der Waals surface area contributed by atoms with Crippen molar-refractivity contribution >= 4 is 28.9 Å². The fourth-order valence-electron chi connectivity index (χ4n) is 3.72. The van der Waals surface area contributed by atoms with E-state index < -0.39 is 11.7 Å². The van der Waals surface area contributed by atoms with Gasteiger partial charge in [-0.15, -0.1) is 0 Å². The zero-order chi connectivity index (χ0) is 23.4. The number of aromatic nitrogens is 2. The number of aliphatic imine (C=N–C) groups is 1. The van der Waals surface area contributed by atoms with E-state index in [-0.39, 0.29) is 23.2 Å². The number of halogens is 1. The molecule has 33 heavy (non-hydrogen) atoms. The molecule has 0 bridgehead atoms. The highest BCUT2D eigenvalue weighted by Crippen LogP contribution is 2.29. The van der Waals surface area contributed by atoms with Gasteiger partial charge in [-0.1, -0.05) is 18.6 Å². The number of nitrogens with two attached hydrogens (primary N) is 2. The van der Waals surface area contributed by atoms with Crippen LogP contribution in [0.4, 0.5) is 21.7 Å². The lowest BCUT2D eigenvalue weighted by Crippen LogP contribution is -2.33. The highest BCUT2D eigenvalue weighted by atomic mass is 19.1. The second-order valence-corrected chi connectivity index (χ2v) is 7.83. The average molecular weight is 449 g/mol. The molecule has 1 fully saturated rings. The van der Waals surface area contributed by atoms with E-state index >= 15 is 0 Å². The fraction of sp³-hybridized carbons (Fsp3) is 0.250. The number of amides is 1. The van der Waals surface area contributed by atoms with Crippen LogP contribution in [0.25, 0.3) is 11.1 Å². The first-order valence-electron chi connectivity index (χ1n) is 10.6. The first kappa shape index (κ1) is 22.3. The van der Waals surface area contributed by atoms with Gasteiger partial charge in [0, 0.05) is 23.5 Å². The quantitative estimate of drug-likeness (QED) is 0.521. The summed E-state index contributed by atoms with van der Waals surface area (Å²) in [6, 6.07) is 10.2. The van der Waals surface area contributed by atoms with Crippen molar-refractivity contribution in [3.63, 3.8) is 0 Å². The number of hydrogen-bond acceptors (Lipinski definition) is 7. The van der Waals surface area contributed by atoms with Crippen LogP contribution in [-0.2, 0) is 0 Å². The summed E-state index contributed by atoms with van der Waals surface area (Å²) >= 11 is 0. The molecule has 4 rings (SSSR count). The SMILES string of the molecule is COc1ccc(-c2cncc(Nc3nc(N=C4CCCCC4N)c(F)cc3C(N)=O)c2)cc1. The summed E-state index contributed by atoms with van der Waals surface area (Å²) in [5.41, 5.74) is 14.5. The number of carbonyl (C=O) groups is 1. The van der Waals surface area contributed by atoms with Gasteiger partial charge in [-0.2, -0.15) is 0 Å². The summed E-state index contributed by atoms with van der Waals surface area (Å²) in [6.07, 6.45) is 6.74. The first-order chi connectivity index (χ1) is 15.9. The molecule has 1 aliphatic rings. The minimum Gasteiger partial charge on any atom is -0.497 e. The van der Waals surface area contributed by atoms with Crippen LogP contribution >= 0.6 is 0 Å². The number of nitrogens with one attached hydrogen (secondary N) is 1. The Kier molecular flexibility index (Phi) is 6.60. The third-order valence-electron chi connectivity index (χ3n) is 5.52. The molecule has 0 spiro atoms. The van der Waals surface area contributed by atoms with Crippen LogP contribution < -0.4 is 21.5 Å². The summed E-state index contributed by atoms with van der Waals surface area (Å²) in [4.78, 5) is 24.9. The summed E-state index contributed by atoms with van der Waals surface area (Å²) in [5, 5.41) is 3.04. The molecule has 1 atom stereocenters. The van der Waals surface area contributed by atoms with E-state index in [4.69, 9.17) is 16.2 Å². The molecular formula is C24H25FN6O2. The van der Waals surface area contributed by atoms with E-state index in [1.165, 1.54) is 0 Å². The third-order valence-corrected chi connectivity index (χ3v) is 5.52. The fourth-order valence-corrected chi connectivity index (χ4v) is 3.72. The number of rotatable bonds is 6. The second-order valence-electron chi connectivity index (χ2n) is 7.83. The molecule has 1 aromatic carbocycles. The van der Waals surface area contributed by atoms with Gasteiger partial charge in [-0.3, -0.25) is 9.78 Å². The Morgan fingerprint density at radius 3 is 2.67 bits per heavy atom. The van der Waals surface area contributed by atoms with E-state index in [1.807, 2.05) is 30.3 Å². The number of hydrogen-bond donors (Lipinski definition) is 3. The van der Waals surface area contributed by atoms with E-state index in [1.54, 1.807) is 19.5 Å². The van der Waals surface area contributed by atoms with Crippen molar-refractivity contribution in [3.05, 3.63) is 60.2 Å². The number of methoxy groups -OCH3 is 1. The molecule has 2 heterocycles. The van der Waals surface area contributed by atoms with Crippen LogP contribution in [0.5, 0.6) is 5.75 Å². The number of pyridine rings is 2. The van der Waals surface area contributed by atoms with Crippen LogP contribution in [-0.4, -0.2) is 34.7 Å². The van der Waals surface area contributed by atoms with E-state index in [2.05, 4.69) is 20.3 Å². The van der Waals surface area contributed by atoms with Gasteiger partial charge in [0.2, 0.25) is 0 Å². The number of nitrogens with zero attached hydrogens (tertiary/aromatic N) is 3. The van der Waals surface area contributed by atoms with Crippen LogP contribution in [0.2, 0.25) is 0 Å². The number of carbonyl (C=O) groups excluding carboxylic acids is 1. The van der Waals surface area contributed by atoms with Crippen molar-refractivity contribution in [1.29, 1.82) is 0 Å². The molecule has 9 heteroatoms. The largest absolute Gasteiger partial charge is 0.497 e. The van der Waals surface area contributed by atoms with Crippen molar-refractivity contribution < 1.29 is 13.9 Å². The molecule has 0 radical (unpaired) electrons. The normalized spacial score (nSPS) is 17.1. The molecule has 1 unspecified atom stereocenters. The Morgan fingerprint density at radius 1 is 1.18 bits per heavy atom. The Morgan fingerprint density at radius 2 is 1.97 bits per heavy atom. The Labute approximate surface area is 190 Å². The first-order valence-corrected chi connectivity index (χ1v) is 10.6. The standard InChI is InChI=1S/C24H25FN6O2/c1-33-17-8-6-14(7-9-17)15-10-16(13-28-12-15)29-23-18(22(27)32)11-19(25)24(31-23)30-21-5-3-2-4-20(21)26/h6-13,20H,2-5,26H2,1H3,(H2,27,32)(H,29,31). The minimum absolute atomic E-state index is 0.0840. The van der Waals surface area contributed by atoms with Crippen LogP contribution in [0.3, 0.4) is 0 Å². The minimum atomic E-state index is -0.809. The molecule has 170 valence electrons. The molecule has 5 N–H and O–H groups in total. The van der Waals surface area contributed by atoms with Gasteiger partial charge in [-0.05, 0) is 49.1 Å². The molecule has 2 aromatic heterocycles. The number of primary amides is 1. The van der Waals surface area contributed by atoms with Gasteiger partial charge in [0.1, 0.15) is 11.6 Å². The monoisotopic (exact) mass is 448 g/mol. The average Bonchev–Trinajstić information content (AvgIpc) is 2.82. The molecule has 8 nitrogen and oxygen atoms in total.